The van der Waals surface area contributed by atoms with Gasteiger partial charge in [0.2, 0.25) is 0 Å². The minimum atomic E-state index is 0.549. The lowest BCUT2D eigenvalue weighted by Gasteiger charge is -2.15. The van der Waals surface area contributed by atoms with Crippen LogP contribution in [0.15, 0.2) is 30.3 Å². The van der Waals surface area contributed by atoms with E-state index >= 15 is 0 Å². The molecule has 1 rings (SSSR count). The number of hydrogen-bond donors (Lipinski definition) is 1. The second-order valence-electron chi connectivity index (χ2n) is 3.45. The third-order valence-electron chi connectivity index (χ3n) is 2.39. The van der Waals surface area contributed by atoms with Gasteiger partial charge in [0.05, 0.1) is 0 Å². The van der Waals surface area contributed by atoms with E-state index in [0.717, 1.165) is 25.3 Å². The highest BCUT2D eigenvalue weighted by Crippen LogP contribution is 2.03. The minimum Gasteiger partial charge on any atom is -0.310 e. The van der Waals surface area contributed by atoms with Gasteiger partial charge in [-0.25, -0.2) is 0 Å². The summed E-state index contributed by atoms with van der Waals surface area (Å²) in [4.78, 5) is 0. The Labute approximate surface area is 91.5 Å². The van der Waals surface area contributed by atoms with Gasteiger partial charge in [-0.05, 0) is 18.4 Å². The summed E-state index contributed by atoms with van der Waals surface area (Å²) in [6.45, 7) is 3.13. The summed E-state index contributed by atoms with van der Waals surface area (Å²) in [7, 11) is 0. The van der Waals surface area contributed by atoms with Crippen LogP contribution in [0.2, 0.25) is 0 Å². The Morgan fingerprint density at radius 2 is 2.00 bits per heavy atom. The van der Waals surface area contributed by atoms with Gasteiger partial charge >= 0.3 is 0 Å². The molecule has 0 aliphatic heterocycles. The first-order chi connectivity index (χ1) is 6.86. The van der Waals surface area contributed by atoms with Gasteiger partial charge in [0.25, 0.3) is 0 Å². The Bertz CT molecular complexity index is 235. The maximum Gasteiger partial charge on any atom is 0.0238 e. The third kappa shape index (κ3) is 4.12. The zero-order valence-electron chi connectivity index (χ0n) is 8.67. The fourth-order valence-corrected chi connectivity index (χ4v) is 1.70. The second-order valence-corrected chi connectivity index (χ2v) is 3.83. The molecule has 1 aromatic carbocycles. The van der Waals surface area contributed by atoms with Crippen molar-refractivity contribution >= 4 is 11.6 Å². The first-order valence-electron chi connectivity index (χ1n) is 5.20. The first-order valence-corrected chi connectivity index (χ1v) is 5.73. The van der Waals surface area contributed by atoms with Crippen LogP contribution >= 0.6 is 11.6 Å². The highest BCUT2D eigenvalue weighted by Gasteiger charge is 2.03. The topological polar surface area (TPSA) is 12.0 Å². The van der Waals surface area contributed by atoms with E-state index in [2.05, 4.69) is 36.5 Å². The molecule has 0 amide bonds. The number of hydrogen-bond acceptors (Lipinski definition) is 1. The maximum absolute atomic E-state index is 5.72. The van der Waals surface area contributed by atoms with Crippen molar-refractivity contribution in [3.8, 4) is 0 Å². The van der Waals surface area contributed by atoms with E-state index in [9.17, 15) is 0 Å². The Hall–Kier alpha value is -0.530. The summed E-state index contributed by atoms with van der Waals surface area (Å²) in [5, 5.41) is 3.50. The van der Waals surface area contributed by atoms with Crippen LogP contribution in [0, 0.1) is 0 Å². The molecule has 0 saturated heterocycles. The Kier molecular flexibility index (Phi) is 5.65. The fraction of sp³-hybridized carbons (Fsp3) is 0.500. The van der Waals surface area contributed by atoms with E-state index in [0.29, 0.717) is 6.04 Å². The number of benzene rings is 1. The highest BCUT2D eigenvalue weighted by atomic mass is 35.5. The van der Waals surface area contributed by atoms with E-state index in [-0.39, 0.29) is 0 Å². The van der Waals surface area contributed by atoms with Crippen molar-refractivity contribution in [3.05, 3.63) is 35.9 Å². The van der Waals surface area contributed by atoms with Gasteiger partial charge in [-0.15, -0.1) is 11.6 Å². The van der Waals surface area contributed by atoms with Gasteiger partial charge in [-0.1, -0.05) is 37.3 Å². The van der Waals surface area contributed by atoms with Crippen molar-refractivity contribution in [1.82, 2.24) is 5.32 Å². The summed E-state index contributed by atoms with van der Waals surface area (Å²) >= 11 is 5.72. The predicted molar refractivity (Wildman–Crippen MR) is 62.7 cm³/mol. The second kappa shape index (κ2) is 6.86. The molecule has 14 heavy (non-hydrogen) atoms. The SMILES string of the molecule is CCC(CCCl)NCc1ccccc1. The molecule has 1 N–H and O–H groups in total. The third-order valence-corrected chi connectivity index (χ3v) is 2.61. The zero-order chi connectivity index (χ0) is 10.2. The molecule has 0 heterocycles. The molecule has 0 aromatic heterocycles. The molecule has 1 atom stereocenters. The Morgan fingerprint density at radius 3 is 2.57 bits per heavy atom. The molecule has 0 saturated carbocycles. The summed E-state index contributed by atoms with van der Waals surface area (Å²) in [5.41, 5.74) is 1.33. The Balaban J connectivity index is 2.32. The van der Waals surface area contributed by atoms with Gasteiger partial charge < -0.3 is 5.32 Å². The van der Waals surface area contributed by atoms with Crippen molar-refractivity contribution < 1.29 is 0 Å². The quantitative estimate of drug-likeness (QED) is 0.713. The van der Waals surface area contributed by atoms with Crippen LogP contribution in [0.3, 0.4) is 0 Å². The van der Waals surface area contributed by atoms with Gasteiger partial charge in [0, 0.05) is 18.5 Å². The van der Waals surface area contributed by atoms with Crippen molar-refractivity contribution in [2.75, 3.05) is 5.88 Å². The zero-order valence-corrected chi connectivity index (χ0v) is 9.43. The van der Waals surface area contributed by atoms with Crippen LogP contribution in [-0.2, 0) is 6.54 Å². The van der Waals surface area contributed by atoms with E-state index in [1.807, 2.05) is 6.07 Å². The molecule has 1 aromatic rings. The molecular formula is C12H18ClN. The van der Waals surface area contributed by atoms with Crippen LogP contribution in [0.25, 0.3) is 0 Å². The molecule has 2 heteroatoms. The average Bonchev–Trinajstić information content (AvgIpc) is 2.25. The van der Waals surface area contributed by atoms with Gasteiger partial charge in [-0.3, -0.25) is 0 Å². The molecular weight excluding hydrogens is 194 g/mol. The molecule has 0 aliphatic carbocycles. The van der Waals surface area contributed by atoms with E-state index in [1.165, 1.54) is 5.56 Å². The van der Waals surface area contributed by atoms with Gasteiger partial charge in [-0.2, -0.15) is 0 Å². The van der Waals surface area contributed by atoms with Crippen LogP contribution < -0.4 is 5.32 Å². The summed E-state index contributed by atoms with van der Waals surface area (Å²) in [6.07, 6.45) is 2.18. The predicted octanol–water partition coefficient (Wildman–Crippen LogP) is 3.18. The summed E-state index contributed by atoms with van der Waals surface area (Å²) in [5.74, 6) is 0.736. The average molecular weight is 212 g/mol. The van der Waals surface area contributed by atoms with E-state index in [4.69, 9.17) is 11.6 Å². The lowest BCUT2D eigenvalue weighted by molar-refractivity contribution is 0.486. The standard InChI is InChI=1S/C12H18ClN/c1-2-12(8-9-13)14-10-11-6-4-3-5-7-11/h3-7,12,14H,2,8-10H2,1H3. The molecule has 78 valence electrons. The van der Waals surface area contributed by atoms with Gasteiger partial charge in [0.15, 0.2) is 0 Å². The van der Waals surface area contributed by atoms with Crippen LogP contribution in [-0.4, -0.2) is 11.9 Å². The molecule has 1 nitrogen and oxygen atoms in total. The monoisotopic (exact) mass is 211 g/mol. The molecule has 1 unspecified atom stereocenters. The van der Waals surface area contributed by atoms with Crippen molar-refractivity contribution in [2.24, 2.45) is 0 Å². The highest BCUT2D eigenvalue weighted by molar-refractivity contribution is 6.17. The van der Waals surface area contributed by atoms with Crippen LogP contribution in [0.5, 0.6) is 0 Å². The summed E-state index contributed by atoms with van der Waals surface area (Å²) in [6, 6.07) is 11.0. The van der Waals surface area contributed by atoms with Crippen LogP contribution in [0.1, 0.15) is 25.3 Å². The normalized spacial score (nSPS) is 12.7. The number of rotatable bonds is 6. The van der Waals surface area contributed by atoms with E-state index < -0.39 is 0 Å². The lowest BCUT2D eigenvalue weighted by Crippen LogP contribution is -2.28. The Morgan fingerprint density at radius 1 is 1.29 bits per heavy atom. The largest absolute Gasteiger partial charge is 0.310 e. The van der Waals surface area contributed by atoms with Crippen molar-refractivity contribution in [3.63, 3.8) is 0 Å². The molecule has 0 radical (unpaired) electrons. The van der Waals surface area contributed by atoms with Crippen molar-refractivity contribution in [2.45, 2.75) is 32.4 Å². The summed E-state index contributed by atoms with van der Waals surface area (Å²) < 4.78 is 0. The molecule has 0 spiro atoms. The van der Waals surface area contributed by atoms with Crippen LogP contribution in [0.4, 0.5) is 0 Å². The van der Waals surface area contributed by atoms with E-state index in [1.54, 1.807) is 0 Å². The number of alkyl halides is 1. The maximum atomic E-state index is 5.72. The molecule has 0 fully saturated rings. The molecule has 0 bridgehead atoms. The first kappa shape index (κ1) is 11.5. The molecule has 0 aliphatic rings. The smallest absolute Gasteiger partial charge is 0.0238 e. The number of halogens is 1. The number of nitrogens with one attached hydrogen (secondary N) is 1. The fourth-order valence-electron chi connectivity index (χ4n) is 1.44. The van der Waals surface area contributed by atoms with Crippen molar-refractivity contribution in [1.29, 1.82) is 0 Å². The van der Waals surface area contributed by atoms with Gasteiger partial charge in [0.1, 0.15) is 0 Å². The minimum absolute atomic E-state index is 0.549. The lowest BCUT2D eigenvalue weighted by atomic mass is 10.1.